The summed E-state index contributed by atoms with van der Waals surface area (Å²) in [5.74, 6) is -11.2. The molecule has 312 valence electrons. The Labute approximate surface area is 319 Å². The number of benzene rings is 2. The van der Waals surface area contributed by atoms with Crippen molar-refractivity contribution in [2.75, 3.05) is 13.1 Å². The van der Waals surface area contributed by atoms with E-state index in [2.05, 4.69) is 4.98 Å². The highest BCUT2D eigenvalue weighted by molar-refractivity contribution is 6.01. The van der Waals surface area contributed by atoms with E-state index in [1.165, 1.54) is 18.2 Å². The van der Waals surface area contributed by atoms with Crippen molar-refractivity contribution < 1.29 is 95.6 Å². The standard InChI is InChI=1S/C13H15NO4.C12H9NO6.C10H7F6NO4/c15-12(16)10-7-14(8-11(10)13(17)18)6-9-4-2-1-3-5-9;14-9(15)4-7-6-2-1-5(11(16)17)3-8(6)13-10(7)12(18)19;11-9(12,13)1-3-4(2-10(14,15)16)6(8(20)21)17-5(3)7(18)19/h1-5,10-11H,6-8H2,(H,15,16)(H,17,18);1-3,13H,4H2,(H,14,15)(H,16,17)(H,18,19);17H,1-2H2,(H,18,19)(H,20,21). The van der Waals surface area contributed by atoms with Crippen LogP contribution in [0.1, 0.15) is 64.1 Å². The predicted octanol–water partition coefficient (Wildman–Crippen LogP) is 4.72. The van der Waals surface area contributed by atoms with E-state index in [0.717, 1.165) is 5.56 Å². The average molecular weight is 832 g/mol. The molecular weight excluding hydrogens is 800 g/mol. The molecule has 0 saturated carbocycles. The van der Waals surface area contributed by atoms with Gasteiger partial charge in [0.15, 0.2) is 0 Å². The van der Waals surface area contributed by atoms with Crippen LogP contribution in [0.25, 0.3) is 10.9 Å². The van der Waals surface area contributed by atoms with E-state index in [0.29, 0.717) is 25.0 Å². The third-order valence-electron chi connectivity index (χ3n) is 8.37. The van der Waals surface area contributed by atoms with E-state index < -0.39 is 108 Å². The summed E-state index contributed by atoms with van der Waals surface area (Å²) in [6.45, 7) is 1.18. The number of halogens is 6. The lowest BCUT2D eigenvalue weighted by Crippen LogP contribution is -2.28. The van der Waals surface area contributed by atoms with Crippen LogP contribution in [0.2, 0.25) is 0 Å². The number of aromatic amines is 2. The van der Waals surface area contributed by atoms with Crippen molar-refractivity contribution >= 4 is 52.7 Å². The molecule has 1 fully saturated rings. The fourth-order valence-electron chi connectivity index (χ4n) is 6.00. The van der Waals surface area contributed by atoms with Gasteiger partial charge in [-0.25, -0.2) is 19.2 Å². The molecule has 2 unspecified atom stereocenters. The number of nitrogens with zero attached hydrogens (tertiary/aromatic N) is 1. The normalized spacial score (nSPS) is 15.4. The quantitative estimate of drug-likeness (QED) is 0.0873. The molecule has 0 amide bonds. The van der Waals surface area contributed by atoms with Gasteiger partial charge in [-0.15, -0.1) is 0 Å². The summed E-state index contributed by atoms with van der Waals surface area (Å²) in [6.07, 6.45) is -14.4. The number of carboxylic acid groups (broad SMARTS) is 7. The van der Waals surface area contributed by atoms with Crippen LogP contribution in [0.3, 0.4) is 0 Å². The van der Waals surface area contributed by atoms with E-state index in [4.69, 9.17) is 35.7 Å². The van der Waals surface area contributed by atoms with E-state index >= 15 is 0 Å². The summed E-state index contributed by atoms with van der Waals surface area (Å²) in [5.41, 5.74) is -3.66. The first-order chi connectivity index (χ1) is 26.8. The Kier molecular flexibility index (Phi) is 14.4. The number of carboxylic acids is 7. The van der Waals surface area contributed by atoms with Gasteiger partial charge in [0.05, 0.1) is 36.7 Å². The molecular formula is C35H31F6N3O14. The molecule has 0 radical (unpaired) electrons. The van der Waals surface area contributed by atoms with Crippen molar-refractivity contribution in [3.63, 3.8) is 0 Å². The smallest absolute Gasteiger partial charge is 0.393 e. The minimum Gasteiger partial charge on any atom is -0.481 e. The molecule has 3 heterocycles. The predicted molar refractivity (Wildman–Crippen MR) is 182 cm³/mol. The number of alkyl halides is 6. The van der Waals surface area contributed by atoms with Crippen molar-refractivity contribution in [1.82, 2.24) is 14.9 Å². The highest BCUT2D eigenvalue weighted by atomic mass is 19.4. The SMILES string of the molecule is O=C(O)C1CN(Cc2ccccc2)CC1C(=O)O.O=C(O)Cc1c(C(=O)O)[nH]c2cc(C(=O)O)ccc12.O=C(O)c1[nH]c(C(=O)O)c(CC(F)(F)F)c1CC(F)(F)F. The lowest BCUT2D eigenvalue weighted by molar-refractivity contribution is -0.151. The topological polar surface area (TPSA) is 296 Å². The summed E-state index contributed by atoms with van der Waals surface area (Å²) < 4.78 is 74.2. The zero-order chi connectivity index (χ0) is 43.9. The third-order valence-corrected chi connectivity index (χ3v) is 8.37. The Bertz CT molecular complexity index is 2140. The van der Waals surface area contributed by atoms with Crippen LogP contribution in [-0.4, -0.2) is 118 Å². The van der Waals surface area contributed by atoms with Crippen molar-refractivity contribution in [3.8, 4) is 0 Å². The number of nitrogens with one attached hydrogen (secondary N) is 2. The van der Waals surface area contributed by atoms with Crippen LogP contribution in [0.5, 0.6) is 0 Å². The monoisotopic (exact) mass is 831 g/mol. The Morgan fingerprint density at radius 3 is 1.43 bits per heavy atom. The number of hydrogen-bond donors (Lipinski definition) is 9. The number of hydrogen-bond acceptors (Lipinski definition) is 8. The molecule has 0 spiro atoms. The van der Waals surface area contributed by atoms with Gasteiger partial charge in [0, 0.05) is 36.1 Å². The van der Waals surface area contributed by atoms with Gasteiger partial charge < -0.3 is 45.7 Å². The zero-order valence-corrected chi connectivity index (χ0v) is 29.2. The summed E-state index contributed by atoms with van der Waals surface area (Å²) in [6, 6.07) is 13.6. The zero-order valence-electron chi connectivity index (χ0n) is 29.2. The minimum absolute atomic E-state index is 0.00689. The van der Waals surface area contributed by atoms with E-state index in [9.17, 15) is 59.9 Å². The van der Waals surface area contributed by atoms with Crippen molar-refractivity contribution in [2.45, 2.75) is 38.2 Å². The largest absolute Gasteiger partial charge is 0.481 e. The number of fused-ring (bicyclic) bond motifs is 1. The number of likely N-dealkylation sites (tertiary alicyclic amines) is 1. The molecule has 0 aliphatic carbocycles. The number of rotatable bonds is 12. The molecule has 5 rings (SSSR count). The highest BCUT2D eigenvalue weighted by Crippen LogP contribution is 2.33. The molecule has 1 aliphatic heterocycles. The lowest BCUT2D eigenvalue weighted by Gasteiger charge is -2.14. The summed E-state index contributed by atoms with van der Waals surface area (Å²) in [4.78, 5) is 82.3. The van der Waals surface area contributed by atoms with E-state index in [1.54, 1.807) is 4.98 Å². The fraction of sp³-hybridized carbons (Fsp3) is 0.286. The summed E-state index contributed by atoms with van der Waals surface area (Å²) in [5, 5.41) is 62.5. The van der Waals surface area contributed by atoms with Gasteiger partial charge in [-0.3, -0.25) is 19.3 Å². The second-order valence-corrected chi connectivity index (χ2v) is 12.5. The Hall–Kier alpha value is -6.91. The molecule has 0 bridgehead atoms. The van der Waals surface area contributed by atoms with Gasteiger partial charge in [0.1, 0.15) is 17.1 Å². The first kappa shape index (κ1) is 45.5. The summed E-state index contributed by atoms with van der Waals surface area (Å²) in [7, 11) is 0. The average Bonchev–Trinajstić information content (AvgIpc) is 3.78. The van der Waals surface area contributed by atoms with Crippen molar-refractivity contribution in [1.29, 1.82) is 0 Å². The molecule has 58 heavy (non-hydrogen) atoms. The second kappa shape index (κ2) is 18.4. The van der Waals surface area contributed by atoms with Crippen LogP contribution >= 0.6 is 0 Å². The Balaban J connectivity index is 0.000000233. The van der Waals surface area contributed by atoms with E-state index in [-0.39, 0.29) is 22.3 Å². The number of aromatic nitrogens is 2. The highest BCUT2D eigenvalue weighted by Gasteiger charge is 2.42. The van der Waals surface area contributed by atoms with Gasteiger partial charge >= 0.3 is 54.1 Å². The maximum atomic E-state index is 12.4. The Morgan fingerprint density at radius 1 is 0.603 bits per heavy atom. The second-order valence-electron chi connectivity index (χ2n) is 12.5. The van der Waals surface area contributed by atoms with Gasteiger partial charge in [0.25, 0.3) is 0 Å². The van der Waals surface area contributed by atoms with Crippen LogP contribution < -0.4 is 0 Å². The van der Waals surface area contributed by atoms with Crippen LogP contribution in [-0.2, 0) is 40.2 Å². The molecule has 9 N–H and O–H groups in total. The molecule has 2 aromatic heterocycles. The number of H-pyrrole nitrogens is 2. The van der Waals surface area contributed by atoms with Gasteiger partial charge in [-0.2, -0.15) is 26.3 Å². The molecule has 1 saturated heterocycles. The number of aromatic carboxylic acids is 4. The maximum absolute atomic E-state index is 12.4. The van der Waals surface area contributed by atoms with Crippen LogP contribution in [0, 0.1) is 11.8 Å². The van der Waals surface area contributed by atoms with Crippen molar-refractivity contribution in [2.24, 2.45) is 11.8 Å². The number of aliphatic carboxylic acids is 3. The minimum atomic E-state index is -5.00. The molecule has 23 heteroatoms. The van der Waals surface area contributed by atoms with Crippen molar-refractivity contribution in [3.05, 3.63) is 93.4 Å². The van der Waals surface area contributed by atoms with Crippen LogP contribution in [0.15, 0.2) is 48.5 Å². The Morgan fingerprint density at radius 2 is 1.05 bits per heavy atom. The van der Waals surface area contributed by atoms with Crippen LogP contribution in [0.4, 0.5) is 26.3 Å². The molecule has 17 nitrogen and oxygen atoms in total. The lowest BCUT2D eigenvalue weighted by atomic mass is 9.97. The van der Waals surface area contributed by atoms with Gasteiger partial charge in [-0.05, 0) is 28.8 Å². The van der Waals surface area contributed by atoms with Gasteiger partial charge in [-0.1, -0.05) is 36.4 Å². The first-order valence-electron chi connectivity index (χ1n) is 16.2. The fourth-order valence-corrected chi connectivity index (χ4v) is 6.00. The van der Waals surface area contributed by atoms with Gasteiger partial charge in [0.2, 0.25) is 0 Å². The van der Waals surface area contributed by atoms with E-state index in [1.807, 2.05) is 35.2 Å². The first-order valence-corrected chi connectivity index (χ1v) is 16.2. The maximum Gasteiger partial charge on any atom is 0.393 e. The molecule has 2 atom stereocenters. The molecule has 4 aromatic rings. The summed E-state index contributed by atoms with van der Waals surface area (Å²) >= 11 is 0. The molecule has 2 aromatic carbocycles. The molecule has 1 aliphatic rings. The third kappa shape index (κ3) is 12.3. The number of carbonyl (C=O) groups is 7.